The summed E-state index contributed by atoms with van der Waals surface area (Å²) in [5, 5.41) is 4.77. The molecule has 3 nitrogen and oxygen atoms in total. The van der Waals surface area contributed by atoms with E-state index in [1.807, 2.05) is 11.3 Å². The summed E-state index contributed by atoms with van der Waals surface area (Å²) in [6.07, 6.45) is 6.71. The molecule has 1 aromatic heterocycles. The van der Waals surface area contributed by atoms with Crippen molar-refractivity contribution in [3.63, 3.8) is 0 Å². The molecule has 2 rings (SSSR count). The second-order valence-electron chi connectivity index (χ2n) is 5.48. The first-order valence-corrected chi connectivity index (χ1v) is 8.49. The molecule has 0 saturated carbocycles. The first kappa shape index (κ1) is 14.9. The summed E-state index contributed by atoms with van der Waals surface area (Å²) in [6, 6.07) is 0. The fourth-order valence-corrected chi connectivity index (χ4v) is 3.67. The number of nitrogens with one attached hydrogen (secondary N) is 1. The van der Waals surface area contributed by atoms with E-state index < -0.39 is 0 Å². The predicted octanol–water partition coefficient (Wildman–Crippen LogP) is 3.33. The quantitative estimate of drug-likeness (QED) is 0.811. The summed E-state index contributed by atoms with van der Waals surface area (Å²) >= 11 is 1.90. The molecule has 0 bridgehead atoms. The van der Waals surface area contributed by atoms with Gasteiger partial charge < -0.3 is 5.32 Å². The van der Waals surface area contributed by atoms with Crippen molar-refractivity contribution in [2.45, 2.75) is 59.0 Å². The van der Waals surface area contributed by atoms with Gasteiger partial charge in [-0.1, -0.05) is 19.8 Å². The summed E-state index contributed by atoms with van der Waals surface area (Å²) in [7, 11) is 0. The van der Waals surface area contributed by atoms with Crippen molar-refractivity contribution in [3.05, 3.63) is 15.6 Å². The summed E-state index contributed by atoms with van der Waals surface area (Å²) in [5.41, 5.74) is 1.22. The molecule has 2 heterocycles. The maximum Gasteiger partial charge on any atom is 0.107 e. The maximum atomic E-state index is 4.75. The Morgan fingerprint density at radius 3 is 2.63 bits per heavy atom. The molecular formula is C15H27N3S. The monoisotopic (exact) mass is 281 g/mol. The third-order valence-electron chi connectivity index (χ3n) is 3.71. The van der Waals surface area contributed by atoms with Crippen molar-refractivity contribution in [1.82, 2.24) is 15.2 Å². The molecular weight excluding hydrogens is 254 g/mol. The van der Waals surface area contributed by atoms with Crippen molar-refractivity contribution >= 4 is 11.3 Å². The SMILES string of the molecule is CCCNCc1sc(CN2CCCCCC2)nc1C. The zero-order chi connectivity index (χ0) is 13.5. The van der Waals surface area contributed by atoms with Crippen LogP contribution in [0.15, 0.2) is 0 Å². The van der Waals surface area contributed by atoms with Crippen molar-refractivity contribution in [2.24, 2.45) is 0 Å². The van der Waals surface area contributed by atoms with Gasteiger partial charge in [0.15, 0.2) is 0 Å². The Bertz CT molecular complexity index is 367. The Morgan fingerprint density at radius 2 is 1.95 bits per heavy atom. The van der Waals surface area contributed by atoms with E-state index in [9.17, 15) is 0 Å². The third-order valence-corrected chi connectivity index (χ3v) is 4.85. The number of aryl methyl sites for hydroxylation is 1. The minimum Gasteiger partial charge on any atom is -0.312 e. The van der Waals surface area contributed by atoms with E-state index in [-0.39, 0.29) is 0 Å². The van der Waals surface area contributed by atoms with Crippen LogP contribution in [0.2, 0.25) is 0 Å². The lowest BCUT2D eigenvalue weighted by atomic mass is 10.2. The van der Waals surface area contributed by atoms with Crippen molar-refractivity contribution < 1.29 is 0 Å². The van der Waals surface area contributed by atoms with Crippen LogP contribution in [0.25, 0.3) is 0 Å². The molecule has 0 unspecified atom stereocenters. The molecule has 108 valence electrons. The van der Waals surface area contributed by atoms with E-state index >= 15 is 0 Å². The van der Waals surface area contributed by atoms with Gasteiger partial charge in [0.1, 0.15) is 5.01 Å². The summed E-state index contributed by atoms with van der Waals surface area (Å²) < 4.78 is 0. The third kappa shape index (κ3) is 4.86. The molecule has 0 radical (unpaired) electrons. The topological polar surface area (TPSA) is 28.2 Å². The van der Waals surface area contributed by atoms with Gasteiger partial charge in [0.05, 0.1) is 12.2 Å². The predicted molar refractivity (Wildman–Crippen MR) is 82.6 cm³/mol. The van der Waals surface area contributed by atoms with Gasteiger partial charge in [-0.25, -0.2) is 4.98 Å². The largest absolute Gasteiger partial charge is 0.312 e. The Labute approximate surface area is 121 Å². The van der Waals surface area contributed by atoms with Crippen molar-refractivity contribution in [2.75, 3.05) is 19.6 Å². The fraction of sp³-hybridized carbons (Fsp3) is 0.800. The highest BCUT2D eigenvalue weighted by molar-refractivity contribution is 7.11. The summed E-state index contributed by atoms with van der Waals surface area (Å²) in [6.45, 7) is 9.99. The minimum absolute atomic E-state index is 0.983. The molecule has 1 aliphatic rings. The molecule has 19 heavy (non-hydrogen) atoms. The van der Waals surface area contributed by atoms with Crippen LogP contribution in [-0.4, -0.2) is 29.5 Å². The highest BCUT2D eigenvalue weighted by Gasteiger charge is 2.13. The second kappa shape index (κ2) is 7.98. The van der Waals surface area contributed by atoms with Gasteiger partial charge in [-0.2, -0.15) is 0 Å². The molecule has 0 spiro atoms. The van der Waals surface area contributed by atoms with E-state index in [0.29, 0.717) is 0 Å². The normalized spacial score (nSPS) is 17.6. The van der Waals surface area contributed by atoms with Crippen LogP contribution in [0.1, 0.15) is 54.6 Å². The zero-order valence-electron chi connectivity index (χ0n) is 12.4. The number of rotatable bonds is 6. The van der Waals surface area contributed by atoms with Gasteiger partial charge in [0, 0.05) is 11.4 Å². The zero-order valence-corrected chi connectivity index (χ0v) is 13.2. The summed E-state index contributed by atoms with van der Waals surface area (Å²) in [4.78, 5) is 8.74. The van der Waals surface area contributed by atoms with E-state index in [1.165, 1.54) is 60.8 Å². The average molecular weight is 281 g/mol. The Morgan fingerprint density at radius 1 is 1.21 bits per heavy atom. The lowest BCUT2D eigenvalue weighted by Crippen LogP contribution is -2.23. The fourth-order valence-electron chi connectivity index (χ4n) is 2.58. The van der Waals surface area contributed by atoms with Crippen molar-refractivity contribution in [1.29, 1.82) is 0 Å². The van der Waals surface area contributed by atoms with E-state index in [4.69, 9.17) is 4.98 Å². The Balaban J connectivity index is 1.87. The van der Waals surface area contributed by atoms with Gasteiger partial charge in [-0.15, -0.1) is 11.3 Å². The van der Waals surface area contributed by atoms with Gasteiger partial charge in [0.2, 0.25) is 0 Å². The summed E-state index contributed by atoms with van der Waals surface area (Å²) in [5.74, 6) is 0. The molecule has 0 aliphatic carbocycles. The number of hydrogen-bond acceptors (Lipinski definition) is 4. The number of nitrogens with zero attached hydrogens (tertiary/aromatic N) is 2. The highest BCUT2D eigenvalue weighted by atomic mass is 32.1. The molecule has 1 aliphatic heterocycles. The Kier molecular flexibility index (Phi) is 6.28. The minimum atomic E-state index is 0.983. The standard InChI is InChI=1S/C15H27N3S/c1-3-8-16-11-14-13(2)17-15(19-14)12-18-9-6-4-5-7-10-18/h16H,3-12H2,1-2H3. The molecule has 1 saturated heterocycles. The van der Waals surface area contributed by atoms with Gasteiger partial charge in [0.25, 0.3) is 0 Å². The van der Waals surface area contributed by atoms with Crippen LogP contribution in [-0.2, 0) is 13.1 Å². The first-order valence-electron chi connectivity index (χ1n) is 7.68. The Hall–Kier alpha value is -0.450. The second-order valence-corrected chi connectivity index (χ2v) is 6.65. The van der Waals surface area contributed by atoms with Gasteiger partial charge >= 0.3 is 0 Å². The van der Waals surface area contributed by atoms with Crippen LogP contribution in [0.5, 0.6) is 0 Å². The molecule has 1 N–H and O–H groups in total. The molecule has 4 heteroatoms. The number of aromatic nitrogens is 1. The van der Waals surface area contributed by atoms with Gasteiger partial charge in [-0.05, 0) is 45.8 Å². The van der Waals surface area contributed by atoms with Crippen LogP contribution >= 0.6 is 11.3 Å². The molecule has 0 aromatic carbocycles. The van der Waals surface area contributed by atoms with Crippen LogP contribution in [0.4, 0.5) is 0 Å². The van der Waals surface area contributed by atoms with Crippen LogP contribution < -0.4 is 5.32 Å². The molecule has 1 aromatic rings. The number of likely N-dealkylation sites (tertiary alicyclic amines) is 1. The van der Waals surface area contributed by atoms with Gasteiger partial charge in [-0.3, -0.25) is 4.90 Å². The van der Waals surface area contributed by atoms with E-state index in [2.05, 4.69) is 24.1 Å². The van der Waals surface area contributed by atoms with E-state index in [1.54, 1.807) is 0 Å². The molecule has 0 atom stereocenters. The van der Waals surface area contributed by atoms with Crippen LogP contribution in [0, 0.1) is 6.92 Å². The van der Waals surface area contributed by atoms with Crippen LogP contribution in [0.3, 0.4) is 0 Å². The highest BCUT2D eigenvalue weighted by Crippen LogP contribution is 2.21. The molecule has 1 fully saturated rings. The van der Waals surface area contributed by atoms with Crippen molar-refractivity contribution in [3.8, 4) is 0 Å². The lowest BCUT2D eigenvalue weighted by molar-refractivity contribution is 0.276. The maximum absolute atomic E-state index is 4.75. The smallest absolute Gasteiger partial charge is 0.107 e. The average Bonchev–Trinajstić information content (AvgIpc) is 2.61. The first-order chi connectivity index (χ1) is 9.29. The lowest BCUT2D eigenvalue weighted by Gasteiger charge is -2.17. The van der Waals surface area contributed by atoms with E-state index in [0.717, 1.165) is 19.6 Å². The molecule has 0 amide bonds. The number of hydrogen-bond donors (Lipinski definition) is 1. The number of thiazole rings is 1.